The van der Waals surface area contributed by atoms with Crippen LogP contribution in [0.25, 0.3) is 0 Å². The van der Waals surface area contributed by atoms with Gasteiger partial charge in [-0.1, -0.05) is 20.3 Å². The van der Waals surface area contributed by atoms with Crippen molar-refractivity contribution >= 4 is 0 Å². The van der Waals surface area contributed by atoms with Gasteiger partial charge in [0.15, 0.2) is 0 Å². The van der Waals surface area contributed by atoms with Gasteiger partial charge >= 0.3 is 0 Å². The molecule has 0 radical (unpaired) electrons. The highest BCUT2D eigenvalue weighted by Gasteiger charge is 2.32. The summed E-state index contributed by atoms with van der Waals surface area (Å²) in [4.78, 5) is 2.34. The molecular formula is C12H27NO. The third kappa shape index (κ3) is 3.58. The number of ether oxygens (including phenoxy) is 1. The van der Waals surface area contributed by atoms with Gasteiger partial charge < -0.3 is 9.64 Å². The van der Waals surface area contributed by atoms with Gasteiger partial charge in [0.2, 0.25) is 0 Å². The van der Waals surface area contributed by atoms with Crippen molar-refractivity contribution in [2.75, 3.05) is 21.2 Å². The molecule has 0 N–H and O–H groups in total. The quantitative estimate of drug-likeness (QED) is 0.696. The number of hydrogen-bond donors (Lipinski definition) is 0. The maximum absolute atomic E-state index is 5.39. The van der Waals surface area contributed by atoms with Gasteiger partial charge in [-0.2, -0.15) is 0 Å². The summed E-state index contributed by atoms with van der Waals surface area (Å²) in [5.74, 6) is 0.741. The van der Waals surface area contributed by atoms with Gasteiger partial charge in [-0.3, -0.25) is 0 Å². The molecule has 1 aliphatic rings. The molecule has 2 heteroatoms. The van der Waals surface area contributed by atoms with Gasteiger partial charge in [0.25, 0.3) is 0 Å². The minimum Gasteiger partial charge on any atom is -0.381 e. The van der Waals surface area contributed by atoms with Gasteiger partial charge in [0.05, 0.1) is 6.10 Å². The van der Waals surface area contributed by atoms with Gasteiger partial charge in [-0.25, -0.2) is 0 Å². The third-order valence-corrected chi connectivity index (χ3v) is 3.17. The molecule has 0 saturated heterocycles. The molecule has 0 bridgehead atoms. The Bertz CT molecular complexity index is 136. The second kappa shape index (κ2) is 7.24. The van der Waals surface area contributed by atoms with Crippen LogP contribution in [0.3, 0.4) is 0 Å². The molecule has 0 heterocycles. The lowest BCUT2D eigenvalue weighted by Crippen LogP contribution is -2.37. The molecular weight excluding hydrogens is 174 g/mol. The minimum atomic E-state index is 0.417. The largest absolute Gasteiger partial charge is 0.381 e. The van der Waals surface area contributed by atoms with Gasteiger partial charge in [-0.05, 0) is 33.9 Å². The molecule has 86 valence electrons. The van der Waals surface area contributed by atoms with Crippen LogP contribution in [0.15, 0.2) is 0 Å². The Morgan fingerprint density at radius 1 is 1.21 bits per heavy atom. The average Bonchev–Trinajstić information content (AvgIpc) is 2.68. The molecule has 0 spiro atoms. The number of methoxy groups -OCH3 is 1. The van der Waals surface area contributed by atoms with Crippen LogP contribution in [-0.4, -0.2) is 38.3 Å². The van der Waals surface area contributed by atoms with Crippen LogP contribution in [0.5, 0.6) is 0 Å². The fourth-order valence-electron chi connectivity index (χ4n) is 2.33. The van der Waals surface area contributed by atoms with E-state index in [4.69, 9.17) is 4.74 Å². The minimum absolute atomic E-state index is 0.417. The zero-order valence-corrected chi connectivity index (χ0v) is 10.7. The van der Waals surface area contributed by atoms with E-state index in [9.17, 15) is 0 Å². The summed E-state index contributed by atoms with van der Waals surface area (Å²) in [6.07, 6.45) is 4.45. The summed E-state index contributed by atoms with van der Waals surface area (Å²) in [5, 5.41) is 0. The summed E-state index contributed by atoms with van der Waals surface area (Å²) in [6, 6.07) is 0.736. The predicted octanol–water partition coefficient (Wildman–Crippen LogP) is 2.78. The zero-order chi connectivity index (χ0) is 11.1. The number of hydrogen-bond acceptors (Lipinski definition) is 2. The topological polar surface area (TPSA) is 12.5 Å². The SMILES string of the molecule is CC.CO[C@@H](C)[C@@H]1CCC[C@@H]1N(C)C. The maximum Gasteiger partial charge on any atom is 0.0586 e. The first-order valence-corrected chi connectivity index (χ1v) is 5.86. The molecule has 0 aromatic carbocycles. The highest BCUT2D eigenvalue weighted by atomic mass is 16.5. The molecule has 0 amide bonds. The van der Waals surface area contributed by atoms with Crippen molar-refractivity contribution in [3.05, 3.63) is 0 Å². The first-order valence-electron chi connectivity index (χ1n) is 5.86. The smallest absolute Gasteiger partial charge is 0.0586 e. The fraction of sp³-hybridized carbons (Fsp3) is 1.00. The Labute approximate surface area is 89.6 Å². The summed E-state index contributed by atoms with van der Waals surface area (Å²) in [6.45, 7) is 6.19. The van der Waals surface area contributed by atoms with E-state index < -0.39 is 0 Å². The number of nitrogens with zero attached hydrogens (tertiary/aromatic N) is 1. The van der Waals surface area contributed by atoms with Crippen molar-refractivity contribution in [2.45, 2.75) is 52.2 Å². The third-order valence-electron chi connectivity index (χ3n) is 3.17. The maximum atomic E-state index is 5.39. The summed E-state index contributed by atoms with van der Waals surface area (Å²) >= 11 is 0. The van der Waals surface area contributed by atoms with Gasteiger partial charge in [0, 0.05) is 19.1 Å². The summed E-state index contributed by atoms with van der Waals surface area (Å²) in [5.41, 5.74) is 0. The van der Waals surface area contributed by atoms with Crippen molar-refractivity contribution in [1.82, 2.24) is 4.90 Å². The van der Waals surface area contributed by atoms with E-state index in [1.165, 1.54) is 19.3 Å². The second-order valence-electron chi connectivity index (χ2n) is 4.07. The van der Waals surface area contributed by atoms with Crippen LogP contribution in [0.2, 0.25) is 0 Å². The van der Waals surface area contributed by atoms with Gasteiger partial charge in [-0.15, -0.1) is 0 Å². The monoisotopic (exact) mass is 201 g/mol. The van der Waals surface area contributed by atoms with E-state index >= 15 is 0 Å². The highest BCUT2D eigenvalue weighted by Crippen LogP contribution is 2.32. The zero-order valence-electron chi connectivity index (χ0n) is 10.7. The van der Waals surface area contributed by atoms with Crippen molar-refractivity contribution in [3.63, 3.8) is 0 Å². The van der Waals surface area contributed by atoms with E-state index in [2.05, 4.69) is 25.9 Å². The van der Waals surface area contributed by atoms with Crippen LogP contribution < -0.4 is 0 Å². The number of rotatable bonds is 3. The molecule has 1 saturated carbocycles. The molecule has 14 heavy (non-hydrogen) atoms. The summed E-state index contributed by atoms with van der Waals surface area (Å²) in [7, 11) is 6.16. The van der Waals surface area contributed by atoms with Crippen LogP contribution >= 0.6 is 0 Å². The lowest BCUT2D eigenvalue weighted by molar-refractivity contribution is 0.0404. The van der Waals surface area contributed by atoms with E-state index in [0.717, 1.165) is 12.0 Å². The Morgan fingerprint density at radius 3 is 2.21 bits per heavy atom. The highest BCUT2D eigenvalue weighted by molar-refractivity contribution is 4.86. The predicted molar refractivity (Wildman–Crippen MR) is 62.6 cm³/mol. The molecule has 0 unspecified atom stereocenters. The first-order chi connectivity index (χ1) is 6.66. The van der Waals surface area contributed by atoms with E-state index in [1.54, 1.807) is 0 Å². The molecule has 0 aliphatic heterocycles. The molecule has 2 nitrogen and oxygen atoms in total. The van der Waals surface area contributed by atoms with Crippen LogP contribution in [0.1, 0.15) is 40.0 Å². The summed E-state index contributed by atoms with van der Waals surface area (Å²) < 4.78 is 5.39. The normalized spacial score (nSPS) is 28.5. The lowest BCUT2D eigenvalue weighted by Gasteiger charge is -2.29. The Hall–Kier alpha value is -0.0800. The fourth-order valence-corrected chi connectivity index (χ4v) is 2.33. The average molecular weight is 201 g/mol. The Kier molecular flexibility index (Phi) is 7.20. The van der Waals surface area contributed by atoms with Crippen molar-refractivity contribution < 1.29 is 4.74 Å². The van der Waals surface area contributed by atoms with Crippen LogP contribution in [0, 0.1) is 5.92 Å². The van der Waals surface area contributed by atoms with Crippen molar-refractivity contribution in [1.29, 1.82) is 0 Å². The molecule has 1 rings (SSSR count). The van der Waals surface area contributed by atoms with E-state index in [1.807, 2.05) is 21.0 Å². The molecule has 1 fully saturated rings. The molecule has 0 aromatic heterocycles. The van der Waals surface area contributed by atoms with Crippen molar-refractivity contribution in [3.8, 4) is 0 Å². The van der Waals surface area contributed by atoms with Crippen LogP contribution in [0.4, 0.5) is 0 Å². The molecule has 0 aromatic rings. The Morgan fingerprint density at radius 2 is 1.79 bits per heavy atom. The molecule has 1 aliphatic carbocycles. The van der Waals surface area contributed by atoms with Crippen molar-refractivity contribution in [2.24, 2.45) is 5.92 Å². The van der Waals surface area contributed by atoms with E-state index in [-0.39, 0.29) is 0 Å². The second-order valence-corrected chi connectivity index (χ2v) is 4.07. The lowest BCUT2D eigenvalue weighted by atomic mass is 9.97. The first kappa shape index (κ1) is 13.9. The van der Waals surface area contributed by atoms with Gasteiger partial charge in [0.1, 0.15) is 0 Å². The molecule has 3 atom stereocenters. The Balaban J connectivity index is 0.000000791. The standard InChI is InChI=1S/C10H21NO.C2H6/c1-8(12-4)9-6-5-7-10(9)11(2)3;1-2/h8-10H,5-7H2,1-4H3;1-2H3/t8-,9-,10-;/m0./s1. The van der Waals surface area contributed by atoms with Crippen LogP contribution in [-0.2, 0) is 4.74 Å². The van der Waals surface area contributed by atoms with E-state index in [0.29, 0.717) is 6.10 Å².